The zero-order valence-electron chi connectivity index (χ0n) is 13.3. The first-order valence-corrected chi connectivity index (χ1v) is 7.68. The van der Waals surface area contributed by atoms with E-state index in [1.807, 2.05) is 20.8 Å². The third kappa shape index (κ3) is 4.72. The van der Waals surface area contributed by atoms with Gasteiger partial charge in [-0.3, -0.25) is 10.1 Å². The summed E-state index contributed by atoms with van der Waals surface area (Å²) in [6.07, 6.45) is 4.95. The molecule has 0 spiro atoms. The second-order valence-corrected chi connectivity index (χ2v) is 7.01. The number of hydrogen-bond acceptors (Lipinski definition) is 4. The molecule has 0 radical (unpaired) electrons. The van der Waals surface area contributed by atoms with Crippen LogP contribution >= 0.6 is 0 Å². The Morgan fingerprint density at radius 2 is 1.80 bits per heavy atom. The lowest BCUT2D eigenvalue weighted by Gasteiger charge is -2.36. The number of carbonyl (C=O) groups excluding carboxylic acids is 1. The summed E-state index contributed by atoms with van der Waals surface area (Å²) in [7, 11) is 1.70. The van der Waals surface area contributed by atoms with Crippen LogP contribution in [0.2, 0.25) is 0 Å². The van der Waals surface area contributed by atoms with Gasteiger partial charge in [0.25, 0.3) is 0 Å². The number of aliphatic hydroxyl groups excluding tert-OH is 1. The van der Waals surface area contributed by atoms with Crippen LogP contribution in [0.4, 0.5) is 0 Å². The second kappa shape index (κ2) is 7.38. The molecule has 1 fully saturated rings. The maximum atomic E-state index is 12.3. The first-order valence-electron chi connectivity index (χ1n) is 7.68. The largest absolute Gasteiger partial charge is 0.376 e. The lowest BCUT2D eigenvalue weighted by Crippen LogP contribution is -2.58. The summed E-state index contributed by atoms with van der Waals surface area (Å²) in [6.45, 7) is 5.84. The molecular formula is C15H31N3O2. The molecule has 0 aromatic carbocycles. The van der Waals surface area contributed by atoms with E-state index in [2.05, 4.69) is 10.6 Å². The van der Waals surface area contributed by atoms with Gasteiger partial charge in [-0.15, -0.1) is 0 Å². The van der Waals surface area contributed by atoms with Gasteiger partial charge < -0.3 is 16.2 Å². The normalized spacial score (nSPS) is 22.1. The molecule has 0 saturated heterocycles. The van der Waals surface area contributed by atoms with Crippen LogP contribution in [0.1, 0.15) is 52.9 Å². The van der Waals surface area contributed by atoms with Gasteiger partial charge in [0, 0.05) is 0 Å². The van der Waals surface area contributed by atoms with E-state index in [4.69, 9.17) is 5.73 Å². The van der Waals surface area contributed by atoms with Crippen molar-refractivity contribution in [2.75, 3.05) is 7.05 Å². The fraction of sp³-hybridized carbons (Fsp3) is 0.933. The van der Waals surface area contributed by atoms with Crippen molar-refractivity contribution >= 4 is 5.91 Å². The fourth-order valence-electron chi connectivity index (χ4n) is 2.77. The highest BCUT2D eigenvalue weighted by molar-refractivity contribution is 5.82. The van der Waals surface area contributed by atoms with E-state index < -0.39 is 12.3 Å². The molecule has 0 bridgehead atoms. The molecule has 0 aliphatic heterocycles. The molecule has 5 N–H and O–H groups in total. The van der Waals surface area contributed by atoms with Gasteiger partial charge in [0.05, 0.1) is 12.1 Å². The quantitative estimate of drug-likeness (QED) is 0.567. The molecule has 3 atom stereocenters. The summed E-state index contributed by atoms with van der Waals surface area (Å²) in [5.74, 6) is 0.143. The van der Waals surface area contributed by atoms with Gasteiger partial charge in [0.1, 0.15) is 6.23 Å². The van der Waals surface area contributed by atoms with Crippen LogP contribution in [-0.4, -0.2) is 36.4 Å². The molecule has 1 saturated carbocycles. The summed E-state index contributed by atoms with van der Waals surface area (Å²) >= 11 is 0. The Kier molecular flexibility index (Phi) is 6.43. The van der Waals surface area contributed by atoms with Crippen LogP contribution in [0.15, 0.2) is 0 Å². The zero-order chi connectivity index (χ0) is 15.3. The Bertz CT molecular complexity index is 309. The molecule has 0 heterocycles. The Morgan fingerprint density at radius 1 is 1.25 bits per heavy atom. The lowest BCUT2D eigenvalue weighted by molar-refractivity contribution is -0.127. The van der Waals surface area contributed by atoms with Gasteiger partial charge in [-0.05, 0) is 31.2 Å². The predicted octanol–water partition coefficient (Wildman–Crippen LogP) is 0.963. The second-order valence-electron chi connectivity index (χ2n) is 7.01. The molecule has 0 unspecified atom stereocenters. The van der Waals surface area contributed by atoms with Crippen molar-refractivity contribution in [2.24, 2.45) is 17.1 Å². The van der Waals surface area contributed by atoms with E-state index >= 15 is 0 Å². The van der Waals surface area contributed by atoms with E-state index in [1.165, 1.54) is 19.3 Å². The van der Waals surface area contributed by atoms with Gasteiger partial charge in [0.15, 0.2) is 0 Å². The molecule has 1 rings (SSSR count). The summed E-state index contributed by atoms with van der Waals surface area (Å²) in [5, 5.41) is 15.9. The van der Waals surface area contributed by atoms with E-state index in [0.29, 0.717) is 5.92 Å². The Labute approximate surface area is 122 Å². The van der Waals surface area contributed by atoms with Crippen molar-refractivity contribution < 1.29 is 9.90 Å². The number of nitrogens with one attached hydrogen (secondary N) is 2. The maximum absolute atomic E-state index is 12.3. The lowest BCUT2D eigenvalue weighted by atomic mass is 9.82. The molecule has 0 aromatic rings. The average molecular weight is 285 g/mol. The van der Waals surface area contributed by atoms with Crippen LogP contribution < -0.4 is 16.4 Å². The maximum Gasteiger partial charge on any atom is 0.237 e. The van der Waals surface area contributed by atoms with Crippen molar-refractivity contribution in [1.82, 2.24) is 10.6 Å². The van der Waals surface area contributed by atoms with Gasteiger partial charge in [0.2, 0.25) is 5.91 Å². The van der Waals surface area contributed by atoms with Gasteiger partial charge in [-0.1, -0.05) is 40.0 Å². The molecule has 5 nitrogen and oxygen atoms in total. The summed E-state index contributed by atoms with van der Waals surface area (Å²) < 4.78 is 0. The first kappa shape index (κ1) is 17.4. The third-order valence-corrected chi connectivity index (χ3v) is 4.32. The standard InChI is InChI=1S/C15H31N3O2/c1-15(2,3)12(16)14(20)18-11(13(19)17-4)10-8-6-5-7-9-10/h10-13,17,19H,5-9,16H2,1-4H3,(H,18,20)/t11-,12+,13-/m0/s1. The molecule has 20 heavy (non-hydrogen) atoms. The monoisotopic (exact) mass is 285 g/mol. The molecule has 118 valence electrons. The van der Waals surface area contributed by atoms with Crippen molar-refractivity contribution in [3.05, 3.63) is 0 Å². The SMILES string of the molecule is CN[C@@H](O)[C@@H](NC(=O)[C@@H](N)C(C)(C)C)C1CCCCC1. The minimum atomic E-state index is -0.728. The highest BCUT2D eigenvalue weighted by Gasteiger charge is 2.34. The summed E-state index contributed by atoms with van der Waals surface area (Å²) in [4.78, 5) is 12.3. The minimum Gasteiger partial charge on any atom is -0.376 e. The number of nitrogens with two attached hydrogens (primary N) is 1. The average Bonchev–Trinajstić information content (AvgIpc) is 2.42. The highest BCUT2D eigenvalue weighted by atomic mass is 16.3. The van der Waals surface area contributed by atoms with Crippen LogP contribution in [0.5, 0.6) is 0 Å². The minimum absolute atomic E-state index is 0.178. The topological polar surface area (TPSA) is 87.4 Å². The van der Waals surface area contributed by atoms with Crippen LogP contribution in [0.25, 0.3) is 0 Å². The fourth-order valence-corrected chi connectivity index (χ4v) is 2.77. The van der Waals surface area contributed by atoms with Gasteiger partial charge in [-0.2, -0.15) is 0 Å². The smallest absolute Gasteiger partial charge is 0.237 e. The van der Waals surface area contributed by atoms with Gasteiger partial charge in [-0.25, -0.2) is 0 Å². The van der Waals surface area contributed by atoms with Crippen molar-refractivity contribution in [1.29, 1.82) is 0 Å². The number of aliphatic hydroxyl groups is 1. The third-order valence-electron chi connectivity index (χ3n) is 4.32. The zero-order valence-corrected chi connectivity index (χ0v) is 13.3. The molecule has 5 heteroatoms. The molecule has 0 aromatic heterocycles. The van der Waals surface area contributed by atoms with E-state index in [-0.39, 0.29) is 17.4 Å². The number of amides is 1. The summed E-state index contributed by atoms with van der Waals surface area (Å²) in [5.41, 5.74) is 5.71. The summed E-state index contributed by atoms with van der Waals surface area (Å²) in [6, 6.07) is -0.834. The molecule has 1 aliphatic rings. The predicted molar refractivity (Wildman–Crippen MR) is 81.0 cm³/mol. The molecular weight excluding hydrogens is 254 g/mol. The van der Waals surface area contributed by atoms with E-state index in [1.54, 1.807) is 7.05 Å². The number of rotatable bonds is 5. The molecule has 1 amide bonds. The number of likely N-dealkylation sites (N-methyl/N-ethyl adjacent to an activating group) is 1. The Balaban J connectivity index is 2.71. The highest BCUT2D eigenvalue weighted by Crippen LogP contribution is 2.28. The van der Waals surface area contributed by atoms with Crippen molar-refractivity contribution in [3.8, 4) is 0 Å². The van der Waals surface area contributed by atoms with Crippen LogP contribution in [-0.2, 0) is 4.79 Å². The molecule has 1 aliphatic carbocycles. The Hall–Kier alpha value is -0.650. The van der Waals surface area contributed by atoms with Gasteiger partial charge >= 0.3 is 0 Å². The van der Waals surface area contributed by atoms with Crippen molar-refractivity contribution in [3.63, 3.8) is 0 Å². The van der Waals surface area contributed by atoms with Crippen LogP contribution in [0.3, 0.4) is 0 Å². The number of hydrogen-bond donors (Lipinski definition) is 4. The first-order chi connectivity index (χ1) is 9.27. The van der Waals surface area contributed by atoms with Crippen molar-refractivity contribution in [2.45, 2.75) is 71.2 Å². The van der Waals surface area contributed by atoms with E-state index in [0.717, 1.165) is 12.8 Å². The number of carbonyl (C=O) groups is 1. The van der Waals surface area contributed by atoms with Crippen LogP contribution in [0, 0.1) is 11.3 Å². The van der Waals surface area contributed by atoms with E-state index in [9.17, 15) is 9.90 Å². The Morgan fingerprint density at radius 3 is 2.25 bits per heavy atom.